The Bertz CT molecular complexity index is 1140. The predicted octanol–water partition coefficient (Wildman–Crippen LogP) is 6.03. The average Bonchev–Trinajstić information content (AvgIpc) is 2.96. The Morgan fingerprint density at radius 2 is 1.48 bits per heavy atom. The van der Waals surface area contributed by atoms with Gasteiger partial charge in [-0.25, -0.2) is 4.90 Å². The van der Waals surface area contributed by atoms with Crippen LogP contribution < -0.4 is 4.90 Å². The summed E-state index contributed by atoms with van der Waals surface area (Å²) in [5.74, 6) is -0.619. The number of aryl methyl sites for hydroxylation is 1. The van der Waals surface area contributed by atoms with E-state index in [0.29, 0.717) is 26.8 Å². The van der Waals surface area contributed by atoms with Crippen molar-refractivity contribution in [3.63, 3.8) is 0 Å². The van der Waals surface area contributed by atoms with Crippen molar-refractivity contribution in [3.05, 3.63) is 99.4 Å². The number of imide groups is 1. The van der Waals surface area contributed by atoms with E-state index in [0.717, 1.165) is 16.0 Å². The van der Waals surface area contributed by atoms with E-state index in [1.54, 1.807) is 24.3 Å². The van der Waals surface area contributed by atoms with Gasteiger partial charge in [0, 0.05) is 9.92 Å². The van der Waals surface area contributed by atoms with E-state index < -0.39 is 0 Å². The standard InChI is InChI=1S/C24H18ClNO2S/c1-15-7-6-10-20(16(15)2)26-23(27)21(17-11-13-18(25)14-12-17)22(24(26)28)29-19-8-4-3-5-9-19/h3-14H,1-2H3. The summed E-state index contributed by atoms with van der Waals surface area (Å²) >= 11 is 7.34. The number of hydrogen-bond acceptors (Lipinski definition) is 3. The second-order valence-electron chi connectivity index (χ2n) is 6.79. The first-order valence-corrected chi connectivity index (χ1v) is 10.3. The number of nitrogens with zero attached hydrogens (tertiary/aromatic N) is 1. The Labute approximate surface area is 179 Å². The minimum Gasteiger partial charge on any atom is -0.268 e. The highest BCUT2D eigenvalue weighted by Gasteiger charge is 2.41. The highest BCUT2D eigenvalue weighted by Crippen LogP contribution is 2.42. The molecule has 1 aliphatic rings. The summed E-state index contributed by atoms with van der Waals surface area (Å²) < 4.78 is 0. The average molecular weight is 420 g/mol. The molecule has 0 bridgehead atoms. The second-order valence-corrected chi connectivity index (χ2v) is 8.31. The van der Waals surface area contributed by atoms with Gasteiger partial charge in [-0.1, -0.05) is 65.8 Å². The van der Waals surface area contributed by atoms with Crippen molar-refractivity contribution in [1.29, 1.82) is 0 Å². The SMILES string of the molecule is Cc1cccc(N2C(=O)C(Sc3ccccc3)=C(c3ccc(Cl)cc3)C2=O)c1C. The first-order chi connectivity index (χ1) is 14.0. The van der Waals surface area contributed by atoms with Crippen LogP contribution >= 0.6 is 23.4 Å². The number of anilines is 1. The van der Waals surface area contributed by atoms with Crippen LogP contribution in [0.1, 0.15) is 16.7 Å². The van der Waals surface area contributed by atoms with Gasteiger partial charge >= 0.3 is 0 Å². The minimum absolute atomic E-state index is 0.303. The molecule has 0 fully saturated rings. The fourth-order valence-corrected chi connectivity index (χ4v) is 4.42. The molecule has 2 amide bonds. The number of carbonyl (C=O) groups is 2. The van der Waals surface area contributed by atoms with Crippen molar-refractivity contribution in [2.24, 2.45) is 0 Å². The number of amides is 2. The lowest BCUT2D eigenvalue weighted by molar-refractivity contribution is -0.119. The molecule has 0 spiro atoms. The molecule has 1 aliphatic heterocycles. The van der Waals surface area contributed by atoms with Crippen LogP contribution in [0.25, 0.3) is 5.57 Å². The number of rotatable bonds is 4. The molecule has 0 aliphatic carbocycles. The monoisotopic (exact) mass is 419 g/mol. The van der Waals surface area contributed by atoms with E-state index >= 15 is 0 Å². The predicted molar refractivity (Wildman–Crippen MR) is 119 cm³/mol. The van der Waals surface area contributed by atoms with Gasteiger partial charge in [0.05, 0.1) is 16.2 Å². The molecule has 3 nitrogen and oxygen atoms in total. The van der Waals surface area contributed by atoms with Gasteiger partial charge in [0.15, 0.2) is 0 Å². The Morgan fingerprint density at radius 3 is 2.17 bits per heavy atom. The van der Waals surface area contributed by atoms with Crippen LogP contribution in [0, 0.1) is 13.8 Å². The van der Waals surface area contributed by atoms with Crippen molar-refractivity contribution < 1.29 is 9.59 Å². The Hall–Kier alpha value is -2.82. The van der Waals surface area contributed by atoms with Gasteiger partial charge < -0.3 is 0 Å². The van der Waals surface area contributed by atoms with Gasteiger partial charge in [-0.2, -0.15) is 0 Å². The van der Waals surface area contributed by atoms with E-state index in [-0.39, 0.29) is 11.8 Å². The maximum atomic E-state index is 13.5. The van der Waals surface area contributed by atoms with Crippen LogP contribution in [0.4, 0.5) is 5.69 Å². The molecule has 3 aromatic rings. The van der Waals surface area contributed by atoms with Crippen LogP contribution in [-0.2, 0) is 9.59 Å². The number of thioether (sulfide) groups is 1. The van der Waals surface area contributed by atoms with Gasteiger partial charge in [0.1, 0.15) is 0 Å². The molecule has 5 heteroatoms. The minimum atomic E-state index is -0.315. The van der Waals surface area contributed by atoms with Crippen molar-refractivity contribution >= 4 is 46.4 Å². The van der Waals surface area contributed by atoms with Crippen LogP contribution in [0.3, 0.4) is 0 Å². The summed E-state index contributed by atoms with van der Waals surface area (Å²) in [6.45, 7) is 3.90. The second kappa shape index (κ2) is 7.90. The molecule has 0 unspecified atom stereocenters. The molecule has 4 rings (SSSR count). The van der Waals surface area contributed by atoms with Crippen molar-refractivity contribution in [1.82, 2.24) is 0 Å². The zero-order valence-electron chi connectivity index (χ0n) is 16.0. The molecule has 1 heterocycles. The van der Waals surface area contributed by atoms with Crippen molar-refractivity contribution in [3.8, 4) is 0 Å². The Kier molecular flexibility index (Phi) is 5.31. The van der Waals surface area contributed by atoms with Gasteiger partial charge in [-0.05, 0) is 60.9 Å². The number of hydrogen-bond donors (Lipinski definition) is 0. The van der Waals surface area contributed by atoms with E-state index in [4.69, 9.17) is 11.6 Å². The molecule has 0 aromatic heterocycles. The summed E-state index contributed by atoms with van der Waals surface area (Å²) in [6.07, 6.45) is 0. The van der Waals surface area contributed by atoms with Crippen LogP contribution in [0.15, 0.2) is 82.6 Å². The highest BCUT2D eigenvalue weighted by molar-refractivity contribution is 8.04. The van der Waals surface area contributed by atoms with Gasteiger partial charge in [0.25, 0.3) is 11.8 Å². The topological polar surface area (TPSA) is 37.4 Å². The molecule has 29 heavy (non-hydrogen) atoms. The molecule has 0 atom stereocenters. The molecule has 0 N–H and O–H groups in total. The summed E-state index contributed by atoms with van der Waals surface area (Å²) in [7, 11) is 0. The lowest BCUT2D eigenvalue weighted by atomic mass is 10.1. The van der Waals surface area contributed by atoms with Crippen molar-refractivity contribution in [2.45, 2.75) is 18.7 Å². The van der Waals surface area contributed by atoms with Crippen LogP contribution in [-0.4, -0.2) is 11.8 Å². The van der Waals surface area contributed by atoms with Crippen LogP contribution in [0.5, 0.6) is 0 Å². The third kappa shape index (κ3) is 3.61. The van der Waals surface area contributed by atoms with E-state index in [2.05, 4.69) is 0 Å². The van der Waals surface area contributed by atoms with Crippen LogP contribution in [0.2, 0.25) is 5.02 Å². The first kappa shape index (κ1) is 19.5. The maximum Gasteiger partial charge on any atom is 0.272 e. The third-order valence-electron chi connectivity index (χ3n) is 4.95. The largest absolute Gasteiger partial charge is 0.272 e. The summed E-state index contributed by atoms with van der Waals surface area (Å²) in [6, 6.07) is 22.3. The fraction of sp³-hybridized carbons (Fsp3) is 0.0833. The summed E-state index contributed by atoms with van der Waals surface area (Å²) in [4.78, 5) is 29.5. The van der Waals surface area contributed by atoms with Crippen molar-refractivity contribution in [2.75, 3.05) is 4.90 Å². The maximum absolute atomic E-state index is 13.5. The van der Waals surface area contributed by atoms with Gasteiger partial charge in [0.2, 0.25) is 0 Å². The smallest absolute Gasteiger partial charge is 0.268 e. The number of halogens is 1. The zero-order valence-corrected chi connectivity index (χ0v) is 17.6. The Morgan fingerprint density at radius 1 is 0.793 bits per heavy atom. The molecule has 144 valence electrons. The highest BCUT2D eigenvalue weighted by atomic mass is 35.5. The molecule has 3 aromatic carbocycles. The quantitative estimate of drug-likeness (QED) is 0.484. The van der Waals surface area contributed by atoms with Gasteiger partial charge in [-0.15, -0.1) is 0 Å². The zero-order chi connectivity index (χ0) is 20.5. The lowest BCUT2D eigenvalue weighted by Gasteiger charge is -2.19. The molecule has 0 saturated carbocycles. The summed E-state index contributed by atoms with van der Waals surface area (Å²) in [5.41, 5.74) is 3.64. The molecule has 0 saturated heterocycles. The normalized spacial score (nSPS) is 14.1. The first-order valence-electron chi connectivity index (χ1n) is 9.15. The number of benzene rings is 3. The van der Waals surface area contributed by atoms with E-state index in [1.807, 2.05) is 62.4 Å². The molecular weight excluding hydrogens is 402 g/mol. The Balaban J connectivity index is 1.85. The van der Waals surface area contributed by atoms with E-state index in [1.165, 1.54) is 16.7 Å². The number of carbonyl (C=O) groups excluding carboxylic acids is 2. The molecular formula is C24H18ClNO2S. The van der Waals surface area contributed by atoms with Gasteiger partial charge in [-0.3, -0.25) is 9.59 Å². The fourth-order valence-electron chi connectivity index (χ4n) is 3.28. The lowest BCUT2D eigenvalue weighted by Crippen LogP contribution is -2.32. The molecule has 0 radical (unpaired) electrons. The summed E-state index contributed by atoms with van der Waals surface area (Å²) in [5, 5.41) is 0.578. The third-order valence-corrected chi connectivity index (χ3v) is 6.30. The van der Waals surface area contributed by atoms with E-state index in [9.17, 15) is 9.59 Å².